The lowest BCUT2D eigenvalue weighted by Gasteiger charge is -2.32. The first-order valence-electron chi connectivity index (χ1n) is 31.8. The van der Waals surface area contributed by atoms with Crippen molar-refractivity contribution in [3.8, 4) is 22.3 Å². The van der Waals surface area contributed by atoms with E-state index >= 15 is 0 Å². The van der Waals surface area contributed by atoms with Crippen molar-refractivity contribution in [2.24, 2.45) is 0 Å². The number of rotatable bonds is 12. The fraction of sp³-hybridized carbons (Fsp3) is 0.220. The van der Waals surface area contributed by atoms with Crippen LogP contribution < -0.4 is 9.80 Å². The number of fused-ring (bicyclic) bond motifs is 6. The van der Waals surface area contributed by atoms with Crippen LogP contribution in [0.25, 0.3) is 98.4 Å². The smallest absolute Gasteiger partial charge is 0.159 e. The Morgan fingerprint density at radius 1 is 0.326 bits per heavy atom. The highest BCUT2D eigenvalue weighted by atomic mass is 16.3. The monoisotopic (exact) mass is 1120 g/mol. The minimum atomic E-state index is 0.357. The quantitative estimate of drug-likeness (QED) is 0.114. The van der Waals surface area contributed by atoms with Crippen molar-refractivity contribution in [3.05, 3.63) is 240 Å². The Balaban J connectivity index is 0.993. The van der Waals surface area contributed by atoms with Gasteiger partial charge in [0.05, 0.1) is 22.7 Å². The molecule has 2 fully saturated rings. The Hall–Kier alpha value is -9.12. The summed E-state index contributed by atoms with van der Waals surface area (Å²) in [5.41, 5.74) is 23.0. The first-order valence-corrected chi connectivity index (χ1v) is 31.8. The Morgan fingerprint density at radius 3 is 1.09 bits per heavy atom. The molecule has 0 aliphatic heterocycles. The van der Waals surface area contributed by atoms with E-state index in [0.717, 1.165) is 77.8 Å². The van der Waals surface area contributed by atoms with E-state index in [2.05, 4.69) is 258 Å². The first kappa shape index (κ1) is 52.4. The van der Waals surface area contributed by atoms with Crippen LogP contribution in [0.1, 0.15) is 136 Å². The van der Waals surface area contributed by atoms with Crippen LogP contribution in [0.4, 0.5) is 34.1 Å². The predicted octanol–water partition coefficient (Wildman–Crippen LogP) is 24.8. The number of furan rings is 2. The van der Waals surface area contributed by atoms with Crippen LogP contribution in [0, 0.1) is 13.8 Å². The molecule has 4 heteroatoms. The van der Waals surface area contributed by atoms with Crippen molar-refractivity contribution >= 4 is 110 Å². The molecule has 0 N–H and O–H groups in total. The molecule has 86 heavy (non-hydrogen) atoms. The van der Waals surface area contributed by atoms with Crippen molar-refractivity contribution in [2.45, 2.75) is 117 Å². The molecule has 0 atom stereocenters. The number of hydrogen-bond donors (Lipinski definition) is 0. The van der Waals surface area contributed by atoms with Gasteiger partial charge in [-0.15, -0.1) is 0 Å². The highest BCUT2D eigenvalue weighted by molar-refractivity contribution is 6.30. The molecular weight excluding hydrogens is 1040 g/mol. The Labute approximate surface area is 504 Å². The highest BCUT2D eigenvalue weighted by Crippen LogP contribution is 2.56. The molecule has 2 aliphatic rings. The van der Waals surface area contributed by atoms with Gasteiger partial charge in [-0.2, -0.15) is 0 Å². The second kappa shape index (κ2) is 20.8. The Bertz CT molecular complexity index is 4650. The van der Waals surface area contributed by atoms with Gasteiger partial charge in [0, 0.05) is 54.8 Å². The molecule has 0 bridgehead atoms. The standard InChI is InChI=1S/C82H72N2O2/c1-49(2)57-29-11-13-31-59(57)63-33-17-35-65-67-37-19-39-73(81(67)85-79(63)65)83(55-27-15-21-51(5)45-55)75-47-71(53-23-7-8-24-53)61-42-44-70-76(48-72(54-25-9-10-26-54)62-41-43-69(75)77(61)78(62)70)84(56-28-16-22-52(6)46-56)74-40-20-38-68-66-36-18-34-64(80(66)86-82(68)74)60-32-14-12-30-58(60)50(3)4/h11-22,27-50,53-54H,7-10,23-26H2,1-6H3. The molecule has 14 aromatic rings. The minimum Gasteiger partial charge on any atom is -0.453 e. The van der Waals surface area contributed by atoms with Gasteiger partial charge in [0.25, 0.3) is 0 Å². The van der Waals surface area contributed by atoms with Crippen LogP contribution >= 0.6 is 0 Å². The van der Waals surface area contributed by atoms with Crippen molar-refractivity contribution < 1.29 is 8.83 Å². The van der Waals surface area contributed by atoms with E-state index in [1.54, 1.807) is 0 Å². The van der Waals surface area contributed by atoms with Crippen LogP contribution in [-0.4, -0.2) is 0 Å². The lowest BCUT2D eigenvalue weighted by Crippen LogP contribution is -2.13. The van der Waals surface area contributed by atoms with Crippen LogP contribution in [0.5, 0.6) is 0 Å². The summed E-state index contributed by atoms with van der Waals surface area (Å²) in [4.78, 5) is 5.11. The van der Waals surface area contributed by atoms with Crippen molar-refractivity contribution in [2.75, 3.05) is 9.80 Å². The van der Waals surface area contributed by atoms with E-state index in [1.807, 2.05) is 0 Å². The van der Waals surface area contributed by atoms with E-state index in [1.165, 1.54) is 140 Å². The summed E-state index contributed by atoms with van der Waals surface area (Å²) in [5, 5.41) is 12.4. The van der Waals surface area contributed by atoms with Gasteiger partial charge >= 0.3 is 0 Å². The summed E-state index contributed by atoms with van der Waals surface area (Å²) in [6.07, 6.45) is 9.68. The van der Waals surface area contributed by atoms with Gasteiger partial charge in [-0.05, 0) is 178 Å². The number of aryl methyl sites for hydroxylation is 2. The van der Waals surface area contributed by atoms with E-state index < -0.39 is 0 Å². The molecule has 2 aliphatic carbocycles. The van der Waals surface area contributed by atoms with E-state index in [4.69, 9.17) is 8.83 Å². The number of anilines is 6. The second-order valence-corrected chi connectivity index (χ2v) is 25.7. The van der Waals surface area contributed by atoms with Crippen LogP contribution in [0.2, 0.25) is 0 Å². The maximum absolute atomic E-state index is 7.46. The molecule has 12 aromatic carbocycles. The van der Waals surface area contributed by atoms with E-state index in [-0.39, 0.29) is 0 Å². The third-order valence-corrected chi connectivity index (χ3v) is 19.7. The van der Waals surface area contributed by atoms with Gasteiger partial charge in [-0.1, -0.05) is 211 Å². The van der Waals surface area contributed by atoms with E-state index in [0.29, 0.717) is 23.7 Å². The topological polar surface area (TPSA) is 32.8 Å². The molecule has 2 aromatic heterocycles. The highest BCUT2D eigenvalue weighted by Gasteiger charge is 2.32. The molecule has 2 heterocycles. The van der Waals surface area contributed by atoms with Crippen molar-refractivity contribution in [1.29, 1.82) is 0 Å². The lowest BCUT2D eigenvalue weighted by atomic mass is 9.82. The summed E-state index contributed by atoms with van der Waals surface area (Å²) in [6.45, 7) is 13.6. The van der Waals surface area contributed by atoms with E-state index in [9.17, 15) is 0 Å². The molecule has 0 unspecified atom stereocenters. The first-order chi connectivity index (χ1) is 42.2. The molecule has 2 saturated carbocycles. The Kier molecular flexibility index (Phi) is 12.7. The average Bonchev–Trinajstić information content (AvgIpc) is 1.00. The number of para-hydroxylation sites is 4. The normalized spacial score (nSPS) is 14.4. The minimum absolute atomic E-state index is 0.357. The maximum atomic E-state index is 7.46. The zero-order valence-corrected chi connectivity index (χ0v) is 50.3. The zero-order valence-electron chi connectivity index (χ0n) is 50.3. The van der Waals surface area contributed by atoms with Crippen LogP contribution in [-0.2, 0) is 0 Å². The van der Waals surface area contributed by atoms with Gasteiger partial charge < -0.3 is 18.6 Å². The third-order valence-electron chi connectivity index (χ3n) is 19.7. The molecule has 0 spiro atoms. The summed E-state index contributed by atoms with van der Waals surface area (Å²) in [6, 6.07) is 78.1. The second-order valence-electron chi connectivity index (χ2n) is 25.7. The predicted molar refractivity (Wildman–Crippen MR) is 365 cm³/mol. The SMILES string of the molecule is Cc1cccc(N(c2cc(C3CCCC3)c3ccc4c(N(c5cccc(C)c5)c5cccc6c5oc5c(-c7ccccc7C(C)C)cccc56)cc(C5CCCC5)c5ccc2c3c54)c2cccc3c2oc2c(-c4ccccc4C(C)C)cccc23)c1. The maximum Gasteiger partial charge on any atom is 0.159 e. The molecule has 0 saturated heterocycles. The molecule has 0 amide bonds. The lowest BCUT2D eigenvalue weighted by molar-refractivity contribution is 0.669. The van der Waals surface area contributed by atoms with Crippen LogP contribution in [0.15, 0.2) is 215 Å². The van der Waals surface area contributed by atoms with Gasteiger partial charge in [-0.25, -0.2) is 0 Å². The third kappa shape index (κ3) is 8.38. The number of nitrogens with zero attached hydrogens (tertiary/aromatic N) is 2. The van der Waals surface area contributed by atoms with Gasteiger partial charge in [0.1, 0.15) is 11.2 Å². The molecule has 16 rings (SSSR count). The average molecular weight is 1120 g/mol. The summed E-state index contributed by atoms with van der Waals surface area (Å²) < 4.78 is 14.9. The number of benzene rings is 12. The molecule has 4 nitrogen and oxygen atoms in total. The van der Waals surface area contributed by atoms with Crippen LogP contribution in [0.3, 0.4) is 0 Å². The fourth-order valence-electron chi connectivity index (χ4n) is 15.8. The largest absolute Gasteiger partial charge is 0.453 e. The van der Waals surface area contributed by atoms with Gasteiger partial charge in [-0.3, -0.25) is 0 Å². The summed E-state index contributed by atoms with van der Waals surface area (Å²) >= 11 is 0. The molecule has 0 radical (unpaired) electrons. The van der Waals surface area contributed by atoms with Crippen molar-refractivity contribution in [1.82, 2.24) is 0 Å². The van der Waals surface area contributed by atoms with Gasteiger partial charge in [0.15, 0.2) is 11.2 Å². The zero-order chi connectivity index (χ0) is 57.9. The summed E-state index contributed by atoms with van der Waals surface area (Å²) in [7, 11) is 0. The number of hydrogen-bond acceptors (Lipinski definition) is 4. The Morgan fingerprint density at radius 2 is 0.686 bits per heavy atom. The van der Waals surface area contributed by atoms with Gasteiger partial charge in [0.2, 0.25) is 0 Å². The van der Waals surface area contributed by atoms with Crippen molar-refractivity contribution in [3.63, 3.8) is 0 Å². The summed E-state index contributed by atoms with van der Waals surface area (Å²) in [5.74, 6) is 1.58. The fourth-order valence-corrected chi connectivity index (χ4v) is 15.8. The molecule has 422 valence electrons. The molecular formula is C82H72N2O2.